The quantitative estimate of drug-likeness (QED) is 0.685. The maximum atomic E-state index is 13.2. The summed E-state index contributed by atoms with van der Waals surface area (Å²) in [6, 6.07) is 14.8. The van der Waals surface area contributed by atoms with Crippen molar-refractivity contribution in [2.75, 3.05) is 33.7 Å². The lowest BCUT2D eigenvalue weighted by Gasteiger charge is -2.18. The Kier molecular flexibility index (Phi) is 7.03. The van der Waals surface area contributed by atoms with E-state index >= 15 is 0 Å². The molecule has 2 rings (SSSR count). The fourth-order valence-corrected chi connectivity index (χ4v) is 2.86. The second-order valence-corrected chi connectivity index (χ2v) is 6.70. The van der Waals surface area contributed by atoms with Gasteiger partial charge < -0.3 is 10.2 Å². The fourth-order valence-electron chi connectivity index (χ4n) is 2.74. The van der Waals surface area contributed by atoms with Crippen molar-refractivity contribution in [2.45, 2.75) is 12.3 Å². The van der Waals surface area contributed by atoms with E-state index in [2.05, 4.69) is 31.5 Å². The van der Waals surface area contributed by atoms with Crippen molar-refractivity contribution >= 4 is 11.6 Å². The van der Waals surface area contributed by atoms with Gasteiger partial charge in [-0.15, -0.1) is 0 Å². The molecule has 0 aliphatic carbocycles. The summed E-state index contributed by atoms with van der Waals surface area (Å²) >= 11 is 6.00. The average molecular weight is 337 g/mol. The summed E-state index contributed by atoms with van der Waals surface area (Å²) in [4.78, 5) is 1.47. The van der Waals surface area contributed by atoms with Crippen molar-refractivity contribution in [3.05, 3.63) is 70.5 Å². The first-order valence-electron chi connectivity index (χ1n) is 8.18. The lowest BCUT2D eigenvalue weighted by Crippen LogP contribution is -3.09. The Balaban J connectivity index is 2.05. The molecule has 0 aromatic heterocycles. The highest BCUT2D eigenvalue weighted by Crippen LogP contribution is 2.28. The molecule has 0 saturated carbocycles. The van der Waals surface area contributed by atoms with E-state index in [0.717, 1.165) is 36.6 Å². The Morgan fingerprint density at radius 2 is 1.52 bits per heavy atom. The number of rotatable bonds is 8. The van der Waals surface area contributed by atoms with Crippen LogP contribution in [0, 0.1) is 5.82 Å². The van der Waals surface area contributed by atoms with Gasteiger partial charge >= 0.3 is 0 Å². The normalized spacial score (nSPS) is 12.6. The van der Waals surface area contributed by atoms with Crippen LogP contribution in [-0.2, 0) is 0 Å². The van der Waals surface area contributed by atoms with Gasteiger partial charge in [-0.1, -0.05) is 35.9 Å². The van der Waals surface area contributed by atoms with Crippen LogP contribution in [0.2, 0.25) is 5.02 Å². The average Bonchev–Trinajstić information content (AvgIpc) is 2.53. The summed E-state index contributed by atoms with van der Waals surface area (Å²) in [5, 5.41) is 3.10. The van der Waals surface area contributed by atoms with Gasteiger partial charge in [0.25, 0.3) is 0 Å². The molecule has 124 valence electrons. The van der Waals surface area contributed by atoms with Crippen molar-refractivity contribution in [2.24, 2.45) is 0 Å². The molecule has 0 spiro atoms. The summed E-state index contributed by atoms with van der Waals surface area (Å²) in [7, 11) is 4.34. The molecule has 0 aliphatic heterocycles. The van der Waals surface area contributed by atoms with Crippen molar-refractivity contribution in [3.8, 4) is 0 Å². The predicted molar refractivity (Wildman–Crippen MR) is 93.6 cm³/mol. The van der Waals surface area contributed by atoms with Crippen LogP contribution in [0.4, 0.5) is 4.39 Å². The van der Waals surface area contributed by atoms with E-state index in [-0.39, 0.29) is 11.7 Å². The third kappa shape index (κ3) is 5.94. The van der Waals surface area contributed by atoms with Crippen molar-refractivity contribution in [1.82, 2.24) is 0 Å². The zero-order valence-corrected chi connectivity index (χ0v) is 14.6. The topological polar surface area (TPSA) is 21.1 Å². The number of benzene rings is 2. The molecule has 1 atom stereocenters. The highest BCUT2D eigenvalue weighted by atomic mass is 35.5. The van der Waals surface area contributed by atoms with Gasteiger partial charge in [-0.2, -0.15) is 0 Å². The van der Waals surface area contributed by atoms with E-state index in [1.165, 1.54) is 22.6 Å². The zero-order valence-electron chi connectivity index (χ0n) is 13.9. The lowest BCUT2D eigenvalue weighted by atomic mass is 9.88. The molecule has 0 heterocycles. The molecule has 2 aromatic carbocycles. The molecular weight excluding hydrogens is 311 g/mol. The minimum Gasteiger partial charge on any atom is -0.342 e. The van der Waals surface area contributed by atoms with Crippen molar-refractivity contribution in [1.29, 1.82) is 0 Å². The van der Waals surface area contributed by atoms with E-state index in [9.17, 15) is 4.39 Å². The number of hydrogen-bond acceptors (Lipinski definition) is 0. The van der Waals surface area contributed by atoms with E-state index < -0.39 is 0 Å². The summed E-state index contributed by atoms with van der Waals surface area (Å²) in [5.74, 6) is 0.0833. The Morgan fingerprint density at radius 3 is 2.09 bits per heavy atom. The van der Waals surface area contributed by atoms with E-state index in [0.29, 0.717) is 0 Å². The van der Waals surface area contributed by atoms with Crippen LogP contribution in [-0.4, -0.2) is 33.7 Å². The molecule has 0 unspecified atom stereocenters. The van der Waals surface area contributed by atoms with Crippen LogP contribution in [0.25, 0.3) is 0 Å². The lowest BCUT2D eigenvalue weighted by molar-refractivity contribution is -0.874. The highest BCUT2D eigenvalue weighted by molar-refractivity contribution is 6.30. The zero-order chi connectivity index (χ0) is 16.7. The van der Waals surface area contributed by atoms with Gasteiger partial charge in [-0.3, -0.25) is 0 Å². The Hall–Kier alpha value is -1.42. The Morgan fingerprint density at radius 1 is 0.957 bits per heavy atom. The molecule has 0 aliphatic rings. The number of nitrogens with two attached hydrogens (primary N) is 1. The minimum absolute atomic E-state index is 0.191. The Bertz CT molecular complexity index is 536. The predicted octanol–water partition coefficient (Wildman–Crippen LogP) is 1.71. The van der Waals surface area contributed by atoms with Gasteiger partial charge in [0.2, 0.25) is 0 Å². The fraction of sp³-hybridized carbons (Fsp3) is 0.368. The smallest absolute Gasteiger partial charge is 0.126 e. The summed E-state index contributed by atoms with van der Waals surface area (Å²) < 4.78 is 13.2. The molecule has 0 amide bonds. The van der Waals surface area contributed by atoms with Crippen LogP contribution in [0.1, 0.15) is 23.5 Å². The molecule has 0 radical (unpaired) electrons. The summed E-state index contributed by atoms with van der Waals surface area (Å²) in [6.45, 7) is 3.33. The van der Waals surface area contributed by atoms with E-state index in [4.69, 9.17) is 11.6 Å². The number of likely N-dealkylation sites (N-methyl/N-ethyl adjacent to an activating group) is 1. The van der Waals surface area contributed by atoms with Crippen molar-refractivity contribution in [3.63, 3.8) is 0 Å². The largest absolute Gasteiger partial charge is 0.342 e. The third-order valence-corrected chi connectivity index (χ3v) is 4.30. The van der Waals surface area contributed by atoms with E-state index in [1.54, 1.807) is 0 Å². The third-order valence-electron chi connectivity index (χ3n) is 4.05. The first-order chi connectivity index (χ1) is 11.1. The van der Waals surface area contributed by atoms with Crippen LogP contribution < -0.4 is 10.2 Å². The molecule has 4 heteroatoms. The van der Waals surface area contributed by atoms with E-state index in [1.807, 2.05) is 24.3 Å². The molecular formula is C19H26ClFN2+2. The number of quaternary nitrogens is 2. The van der Waals surface area contributed by atoms with Crippen molar-refractivity contribution < 1.29 is 14.6 Å². The molecule has 3 N–H and O–H groups in total. The molecule has 2 aromatic rings. The highest BCUT2D eigenvalue weighted by Gasteiger charge is 2.15. The standard InChI is InChI=1S/C19H24ClFN2/c1-23(2)14-13-22-12-11-19(15-3-7-17(20)8-4-15)16-5-9-18(21)10-6-16/h3-10,19,22H,11-14H2,1-2H3/p+2/t19-/m1/s1. The Labute approximate surface area is 143 Å². The summed E-state index contributed by atoms with van der Waals surface area (Å²) in [6.07, 6.45) is 1.02. The second kappa shape index (κ2) is 9.02. The number of halogens is 2. The molecule has 0 bridgehead atoms. The number of nitrogens with one attached hydrogen (secondary N) is 1. The molecule has 0 saturated heterocycles. The van der Waals surface area contributed by atoms with Gasteiger partial charge in [0.15, 0.2) is 0 Å². The van der Waals surface area contributed by atoms with Gasteiger partial charge in [-0.25, -0.2) is 4.39 Å². The van der Waals surface area contributed by atoms with Gasteiger partial charge in [0, 0.05) is 17.4 Å². The first-order valence-corrected chi connectivity index (χ1v) is 8.55. The van der Waals surface area contributed by atoms with Gasteiger partial charge in [-0.05, 0) is 35.4 Å². The maximum Gasteiger partial charge on any atom is 0.126 e. The molecule has 2 nitrogen and oxygen atoms in total. The molecule has 0 fully saturated rings. The monoisotopic (exact) mass is 336 g/mol. The summed E-state index contributed by atoms with van der Waals surface area (Å²) in [5.41, 5.74) is 2.38. The van der Waals surface area contributed by atoms with Crippen LogP contribution in [0.5, 0.6) is 0 Å². The van der Waals surface area contributed by atoms with Crippen LogP contribution in [0.3, 0.4) is 0 Å². The SMILES string of the molecule is C[NH+](C)CC[NH2+]CC[C@@H](c1ccc(F)cc1)c1ccc(Cl)cc1. The van der Waals surface area contributed by atoms with Gasteiger partial charge in [0.05, 0.1) is 20.6 Å². The first kappa shape index (κ1) is 17.9. The second-order valence-electron chi connectivity index (χ2n) is 6.27. The minimum atomic E-state index is -0.191. The number of hydrogen-bond donors (Lipinski definition) is 2. The van der Waals surface area contributed by atoms with Crippen LogP contribution in [0.15, 0.2) is 48.5 Å². The maximum absolute atomic E-state index is 13.2. The van der Waals surface area contributed by atoms with Gasteiger partial charge in [0.1, 0.15) is 18.9 Å². The molecule has 23 heavy (non-hydrogen) atoms. The van der Waals surface area contributed by atoms with Crippen LogP contribution >= 0.6 is 11.6 Å².